The molecule has 0 unspecified atom stereocenters. The highest BCUT2D eigenvalue weighted by Crippen LogP contribution is 2.17. The lowest BCUT2D eigenvalue weighted by Crippen LogP contribution is -2.27. The first kappa shape index (κ1) is 24.3. The molecule has 0 aliphatic carbocycles. The Hall–Kier alpha value is -2.97. The average molecular weight is 418 g/mol. The number of pyridine rings is 1. The van der Waals surface area contributed by atoms with E-state index in [4.69, 9.17) is 0 Å². The predicted molar refractivity (Wildman–Crippen MR) is 132 cm³/mol. The zero-order chi connectivity index (χ0) is 22.6. The maximum absolute atomic E-state index is 10.7. The summed E-state index contributed by atoms with van der Waals surface area (Å²) < 4.78 is 0. The van der Waals surface area contributed by atoms with E-state index >= 15 is 0 Å². The molecule has 0 amide bonds. The van der Waals surface area contributed by atoms with Crippen LogP contribution in [0.5, 0.6) is 0 Å². The Kier molecular flexibility index (Phi) is 9.93. The van der Waals surface area contributed by atoms with E-state index in [1.54, 1.807) is 0 Å². The normalized spacial score (nSPS) is 14.3. The minimum atomic E-state index is 0.591. The van der Waals surface area contributed by atoms with Crippen LogP contribution in [0.1, 0.15) is 69.7 Å². The largest absolute Gasteiger partial charge is 0.377 e. The van der Waals surface area contributed by atoms with Gasteiger partial charge in [-0.05, 0) is 56.4 Å². The average Bonchev–Trinajstić information content (AvgIpc) is 2.99. The van der Waals surface area contributed by atoms with Crippen molar-refractivity contribution in [3.63, 3.8) is 0 Å². The first-order valence-electron chi connectivity index (χ1n) is 11.2. The van der Waals surface area contributed by atoms with Crippen molar-refractivity contribution in [3.8, 4) is 0 Å². The highest BCUT2D eigenvalue weighted by molar-refractivity contribution is 6.09. The van der Waals surface area contributed by atoms with Crippen LogP contribution in [0.15, 0.2) is 65.1 Å². The van der Waals surface area contributed by atoms with E-state index in [0.29, 0.717) is 11.7 Å². The van der Waals surface area contributed by atoms with Gasteiger partial charge in [-0.1, -0.05) is 51.0 Å². The molecule has 0 atom stereocenters. The quantitative estimate of drug-likeness (QED) is 0.335. The van der Waals surface area contributed by atoms with Gasteiger partial charge in [0, 0.05) is 42.8 Å². The van der Waals surface area contributed by atoms with Gasteiger partial charge in [0.1, 0.15) is 5.94 Å². The number of rotatable bonds is 10. The van der Waals surface area contributed by atoms with Crippen molar-refractivity contribution in [2.45, 2.75) is 65.8 Å². The molecule has 2 heterocycles. The van der Waals surface area contributed by atoms with E-state index in [1.807, 2.05) is 37.3 Å². The van der Waals surface area contributed by atoms with Crippen molar-refractivity contribution < 1.29 is 4.79 Å². The molecule has 0 fully saturated rings. The number of nitrogens with zero attached hydrogens (tertiary/aromatic N) is 3. The third-order valence-electron chi connectivity index (χ3n) is 5.37. The second-order valence-corrected chi connectivity index (χ2v) is 8.03. The van der Waals surface area contributed by atoms with Gasteiger partial charge in [-0.15, -0.1) is 0 Å². The van der Waals surface area contributed by atoms with Crippen molar-refractivity contribution in [1.82, 2.24) is 9.88 Å². The summed E-state index contributed by atoms with van der Waals surface area (Å²) in [7, 11) is 2.18. The first-order chi connectivity index (χ1) is 15.0. The SMILES string of the molecule is CCCC(CCC)N(C)/C=C(C)/C=C/c1cc(C2=NC(C=C=O)=CCC=C2)cnc1C. The zero-order valence-corrected chi connectivity index (χ0v) is 19.6. The number of aliphatic imine (C=N–C) groups is 1. The molecule has 0 spiro atoms. The second kappa shape index (κ2) is 12.7. The van der Waals surface area contributed by atoms with Crippen molar-refractivity contribution in [2.75, 3.05) is 7.05 Å². The van der Waals surface area contributed by atoms with E-state index in [9.17, 15) is 4.79 Å². The fourth-order valence-electron chi connectivity index (χ4n) is 3.67. The van der Waals surface area contributed by atoms with Crippen molar-refractivity contribution in [1.29, 1.82) is 0 Å². The molecule has 2 rings (SSSR count). The van der Waals surface area contributed by atoms with Crippen LogP contribution in [0, 0.1) is 6.92 Å². The van der Waals surface area contributed by atoms with Gasteiger partial charge in [-0.25, -0.2) is 9.79 Å². The lowest BCUT2D eigenvalue weighted by Gasteiger charge is -2.27. The molecule has 0 radical (unpaired) electrons. The van der Waals surface area contributed by atoms with E-state index in [2.05, 4.69) is 67.1 Å². The summed E-state index contributed by atoms with van der Waals surface area (Å²) >= 11 is 0. The summed E-state index contributed by atoms with van der Waals surface area (Å²) in [4.78, 5) is 22.2. The monoisotopic (exact) mass is 417 g/mol. The van der Waals surface area contributed by atoms with Crippen LogP contribution in [0.3, 0.4) is 0 Å². The van der Waals surface area contributed by atoms with Crippen LogP contribution < -0.4 is 0 Å². The minimum absolute atomic E-state index is 0.591. The Morgan fingerprint density at radius 2 is 2.03 bits per heavy atom. The van der Waals surface area contributed by atoms with Gasteiger partial charge in [0.25, 0.3) is 0 Å². The van der Waals surface area contributed by atoms with Crippen molar-refractivity contribution >= 4 is 17.7 Å². The molecule has 4 heteroatoms. The van der Waals surface area contributed by atoms with Crippen LogP contribution in [-0.2, 0) is 4.79 Å². The number of aromatic nitrogens is 1. The molecular weight excluding hydrogens is 382 g/mol. The van der Waals surface area contributed by atoms with E-state index in [-0.39, 0.29) is 0 Å². The Morgan fingerprint density at radius 3 is 2.71 bits per heavy atom. The highest BCUT2D eigenvalue weighted by atomic mass is 16.1. The number of allylic oxidation sites excluding steroid dienone is 6. The molecule has 4 nitrogen and oxygen atoms in total. The zero-order valence-electron chi connectivity index (χ0n) is 19.6. The van der Waals surface area contributed by atoms with E-state index in [0.717, 1.165) is 29.0 Å². The summed E-state index contributed by atoms with van der Waals surface area (Å²) in [5.41, 5.74) is 5.59. The predicted octanol–water partition coefficient (Wildman–Crippen LogP) is 6.23. The van der Waals surface area contributed by atoms with Gasteiger partial charge in [0.05, 0.1) is 11.4 Å². The molecule has 1 aliphatic rings. The van der Waals surface area contributed by atoms with Crippen LogP contribution in [0.2, 0.25) is 0 Å². The van der Waals surface area contributed by atoms with Gasteiger partial charge < -0.3 is 4.90 Å². The van der Waals surface area contributed by atoms with Gasteiger partial charge in [-0.3, -0.25) is 4.98 Å². The van der Waals surface area contributed by atoms with Crippen LogP contribution in [-0.4, -0.2) is 34.6 Å². The lowest BCUT2D eigenvalue weighted by molar-refractivity contribution is 0.289. The number of hydrogen-bond acceptors (Lipinski definition) is 4. The van der Waals surface area contributed by atoms with Crippen molar-refractivity contribution in [2.24, 2.45) is 4.99 Å². The highest BCUT2D eigenvalue weighted by Gasteiger charge is 2.10. The Balaban J connectivity index is 2.24. The number of aryl methyl sites for hydroxylation is 1. The molecule has 1 aliphatic heterocycles. The van der Waals surface area contributed by atoms with Gasteiger partial charge in [-0.2, -0.15) is 0 Å². The molecule has 0 saturated heterocycles. The van der Waals surface area contributed by atoms with Crippen LogP contribution >= 0.6 is 0 Å². The van der Waals surface area contributed by atoms with Gasteiger partial charge in [0.15, 0.2) is 0 Å². The first-order valence-corrected chi connectivity index (χ1v) is 11.2. The molecule has 164 valence electrons. The Bertz CT molecular complexity index is 937. The Morgan fingerprint density at radius 1 is 1.29 bits per heavy atom. The maximum atomic E-state index is 10.7. The smallest absolute Gasteiger partial charge is 0.126 e. The maximum Gasteiger partial charge on any atom is 0.126 e. The summed E-state index contributed by atoms with van der Waals surface area (Å²) in [6, 6.07) is 2.69. The van der Waals surface area contributed by atoms with E-state index < -0.39 is 0 Å². The second-order valence-electron chi connectivity index (χ2n) is 8.03. The topological polar surface area (TPSA) is 45.6 Å². The van der Waals surface area contributed by atoms with Crippen molar-refractivity contribution in [3.05, 3.63) is 76.9 Å². The summed E-state index contributed by atoms with van der Waals surface area (Å²) in [6.45, 7) is 8.64. The molecule has 1 aromatic heterocycles. The van der Waals surface area contributed by atoms with Gasteiger partial charge >= 0.3 is 0 Å². The van der Waals surface area contributed by atoms with Crippen LogP contribution in [0.4, 0.5) is 0 Å². The third-order valence-corrected chi connectivity index (χ3v) is 5.37. The summed E-state index contributed by atoms with van der Waals surface area (Å²) in [5, 5.41) is 0. The summed E-state index contributed by atoms with van der Waals surface area (Å²) in [5.74, 6) is 1.81. The molecular formula is C27H35N3O. The minimum Gasteiger partial charge on any atom is -0.377 e. The number of carbonyl (C=O) groups excluding carboxylic acids is 1. The van der Waals surface area contributed by atoms with Crippen LogP contribution in [0.25, 0.3) is 6.08 Å². The molecule has 0 bridgehead atoms. The Labute approximate surface area is 187 Å². The molecule has 31 heavy (non-hydrogen) atoms. The fourth-order valence-corrected chi connectivity index (χ4v) is 3.67. The molecule has 0 N–H and O–H groups in total. The number of hydrogen-bond donors (Lipinski definition) is 0. The molecule has 0 saturated carbocycles. The van der Waals surface area contributed by atoms with E-state index in [1.165, 1.54) is 37.3 Å². The standard InChI is InChI=1S/C27H35N3O/c1-6-10-26(11-7-2)30(5)20-21(3)14-15-23-18-24(19-28-22(23)4)27-13-9-8-12-25(29-27)16-17-31/h9,12-16,18-20,26H,6-8,10-11H2,1-5H3/b15-14+,21-20+. The summed E-state index contributed by atoms with van der Waals surface area (Å²) in [6.07, 6.45) is 21.2. The fraction of sp³-hybridized carbons (Fsp3) is 0.407. The molecule has 0 aromatic carbocycles. The third kappa shape index (κ3) is 7.66. The molecule has 1 aromatic rings. The van der Waals surface area contributed by atoms with Gasteiger partial charge in [0.2, 0.25) is 0 Å². The lowest BCUT2D eigenvalue weighted by atomic mass is 10.0.